The first-order valence-corrected chi connectivity index (χ1v) is 10.0. The third-order valence-corrected chi connectivity index (χ3v) is 4.99. The Morgan fingerprint density at radius 3 is 2.50 bits per heavy atom. The number of Topliss-reactive ketones (excluding diaryl/α,β-unsaturated/α-hetero) is 1. The molecule has 1 heterocycles. The molecule has 6 heteroatoms. The van der Waals surface area contributed by atoms with Crippen molar-refractivity contribution in [3.63, 3.8) is 0 Å². The summed E-state index contributed by atoms with van der Waals surface area (Å²) in [6.45, 7) is 4.71. The van der Waals surface area contributed by atoms with Crippen LogP contribution in [0.2, 0.25) is 0 Å². The molecule has 1 atom stereocenters. The number of nitrogens with zero attached hydrogens (tertiary/aromatic N) is 1. The molecule has 0 saturated carbocycles. The molecule has 2 aromatic rings. The van der Waals surface area contributed by atoms with E-state index in [9.17, 15) is 14.7 Å². The van der Waals surface area contributed by atoms with Gasteiger partial charge in [0.05, 0.1) is 24.8 Å². The number of hydrogen-bond acceptors (Lipinski definition) is 5. The van der Waals surface area contributed by atoms with E-state index in [0.29, 0.717) is 36.4 Å². The van der Waals surface area contributed by atoms with Gasteiger partial charge < -0.3 is 19.5 Å². The number of hydrogen-bond donors (Lipinski definition) is 1. The number of benzene rings is 2. The Balaban J connectivity index is 2.03. The second-order valence-corrected chi connectivity index (χ2v) is 7.41. The molecule has 0 aliphatic carbocycles. The highest BCUT2D eigenvalue weighted by atomic mass is 16.5. The maximum atomic E-state index is 12.9. The Morgan fingerprint density at radius 1 is 1.10 bits per heavy atom. The van der Waals surface area contributed by atoms with Crippen LogP contribution in [-0.4, -0.2) is 48.1 Å². The molecule has 1 aliphatic heterocycles. The van der Waals surface area contributed by atoms with Crippen LogP contribution in [0.15, 0.2) is 60.2 Å². The summed E-state index contributed by atoms with van der Waals surface area (Å²) >= 11 is 0. The number of methoxy groups -OCH3 is 1. The van der Waals surface area contributed by atoms with Gasteiger partial charge in [0.1, 0.15) is 11.5 Å². The number of aliphatic hydroxyl groups is 1. The smallest absolute Gasteiger partial charge is 0.295 e. The highest BCUT2D eigenvalue weighted by Gasteiger charge is 2.45. The lowest BCUT2D eigenvalue weighted by atomic mass is 9.95. The Morgan fingerprint density at radius 2 is 1.83 bits per heavy atom. The van der Waals surface area contributed by atoms with Gasteiger partial charge >= 0.3 is 0 Å². The topological polar surface area (TPSA) is 76.1 Å². The summed E-state index contributed by atoms with van der Waals surface area (Å²) in [4.78, 5) is 27.3. The molecule has 6 nitrogen and oxygen atoms in total. The summed E-state index contributed by atoms with van der Waals surface area (Å²) < 4.78 is 10.9. The molecule has 1 fully saturated rings. The van der Waals surface area contributed by atoms with Gasteiger partial charge in [0.2, 0.25) is 0 Å². The van der Waals surface area contributed by atoms with Crippen LogP contribution in [0.3, 0.4) is 0 Å². The van der Waals surface area contributed by atoms with E-state index in [2.05, 4.69) is 0 Å². The molecule has 0 bridgehead atoms. The van der Waals surface area contributed by atoms with Crippen molar-refractivity contribution in [2.75, 3.05) is 20.3 Å². The summed E-state index contributed by atoms with van der Waals surface area (Å²) in [5, 5.41) is 11.0. The predicted octanol–water partition coefficient (Wildman–Crippen LogP) is 3.93. The monoisotopic (exact) mass is 409 g/mol. The Bertz CT molecular complexity index is 936. The predicted molar refractivity (Wildman–Crippen MR) is 114 cm³/mol. The summed E-state index contributed by atoms with van der Waals surface area (Å²) in [5.74, 6) is -0.873. The van der Waals surface area contributed by atoms with Crippen LogP contribution in [-0.2, 0) is 14.3 Å². The van der Waals surface area contributed by atoms with E-state index >= 15 is 0 Å². The van der Waals surface area contributed by atoms with Gasteiger partial charge in [-0.1, -0.05) is 42.5 Å². The fraction of sp³-hybridized carbons (Fsp3) is 0.333. The number of amides is 1. The Labute approximate surface area is 176 Å². The number of carbonyl (C=O) groups excluding carboxylic acids is 2. The summed E-state index contributed by atoms with van der Waals surface area (Å²) in [7, 11) is 1.56. The second kappa shape index (κ2) is 9.59. The molecule has 1 N–H and O–H groups in total. The van der Waals surface area contributed by atoms with Crippen molar-refractivity contribution in [1.82, 2.24) is 4.90 Å². The number of ether oxygens (including phenoxy) is 2. The van der Waals surface area contributed by atoms with Crippen LogP contribution >= 0.6 is 0 Å². The average molecular weight is 409 g/mol. The van der Waals surface area contributed by atoms with Gasteiger partial charge in [-0.05, 0) is 38.0 Å². The molecular weight excluding hydrogens is 382 g/mol. The van der Waals surface area contributed by atoms with Gasteiger partial charge in [-0.2, -0.15) is 0 Å². The zero-order valence-electron chi connectivity index (χ0n) is 17.5. The minimum Gasteiger partial charge on any atom is -0.507 e. The zero-order chi connectivity index (χ0) is 21.7. The van der Waals surface area contributed by atoms with Crippen molar-refractivity contribution in [2.45, 2.75) is 32.4 Å². The van der Waals surface area contributed by atoms with Crippen LogP contribution in [0.25, 0.3) is 5.76 Å². The molecule has 1 amide bonds. The van der Waals surface area contributed by atoms with Crippen molar-refractivity contribution in [1.29, 1.82) is 0 Å². The van der Waals surface area contributed by atoms with E-state index in [0.717, 1.165) is 0 Å². The maximum absolute atomic E-state index is 12.9. The van der Waals surface area contributed by atoms with Crippen molar-refractivity contribution < 1.29 is 24.2 Å². The fourth-order valence-electron chi connectivity index (χ4n) is 3.57. The molecule has 2 aromatic carbocycles. The number of likely N-dealkylation sites (tertiary alicyclic amines) is 1. The number of carbonyl (C=O) groups is 2. The van der Waals surface area contributed by atoms with Crippen LogP contribution in [0.1, 0.15) is 37.4 Å². The average Bonchev–Trinajstić information content (AvgIpc) is 3.01. The van der Waals surface area contributed by atoms with E-state index in [1.54, 1.807) is 49.6 Å². The number of aliphatic hydroxyl groups excluding tert-OH is 1. The Hall–Kier alpha value is -3.12. The van der Waals surface area contributed by atoms with Crippen molar-refractivity contribution in [3.8, 4) is 5.75 Å². The minimum atomic E-state index is -0.695. The van der Waals surface area contributed by atoms with E-state index < -0.39 is 17.7 Å². The van der Waals surface area contributed by atoms with Gasteiger partial charge in [0.25, 0.3) is 11.7 Å². The first kappa shape index (κ1) is 21.6. The van der Waals surface area contributed by atoms with Crippen molar-refractivity contribution >= 4 is 17.4 Å². The first-order valence-electron chi connectivity index (χ1n) is 10.0. The molecule has 0 aromatic heterocycles. The van der Waals surface area contributed by atoms with E-state index in [1.807, 2.05) is 26.0 Å². The lowest BCUT2D eigenvalue weighted by molar-refractivity contribution is -0.140. The van der Waals surface area contributed by atoms with Crippen LogP contribution in [0, 0.1) is 0 Å². The zero-order valence-corrected chi connectivity index (χ0v) is 17.5. The number of rotatable bonds is 8. The van der Waals surface area contributed by atoms with E-state index in [-0.39, 0.29) is 17.4 Å². The van der Waals surface area contributed by atoms with Gasteiger partial charge in [0.15, 0.2) is 0 Å². The van der Waals surface area contributed by atoms with Crippen molar-refractivity contribution in [2.24, 2.45) is 0 Å². The lowest BCUT2D eigenvalue weighted by Gasteiger charge is -2.25. The molecular formula is C24H27NO5. The lowest BCUT2D eigenvalue weighted by Crippen LogP contribution is -2.31. The number of ketones is 1. The molecule has 1 unspecified atom stereocenters. The van der Waals surface area contributed by atoms with Gasteiger partial charge in [0, 0.05) is 18.7 Å². The quantitative estimate of drug-likeness (QED) is 0.309. The van der Waals surface area contributed by atoms with Gasteiger partial charge in [-0.15, -0.1) is 0 Å². The van der Waals surface area contributed by atoms with Crippen molar-refractivity contribution in [3.05, 3.63) is 71.3 Å². The summed E-state index contributed by atoms with van der Waals surface area (Å²) in [5.41, 5.74) is 1.28. The largest absolute Gasteiger partial charge is 0.507 e. The summed E-state index contributed by atoms with van der Waals surface area (Å²) in [6, 6.07) is 15.3. The molecule has 158 valence electrons. The summed E-state index contributed by atoms with van der Waals surface area (Å²) in [6.07, 6.45) is 0.671. The highest BCUT2D eigenvalue weighted by Crippen LogP contribution is 2.40. The highest BCUT2D eigenvalue weighted by molar-refractivity contribution is 6.46. The van der Waals surface area contributed by atoms with Crippen LogP contribution in [0.5, 0.6) is 5.75 Å². The molecule has 30 heavy (non-hydrogen) atoms. The first-order chi connectivity index (χ1) is 14.4. The molecule has 3 rings (SSSR count). The van der Waals surface area contributed by atoms with E-state index in [1.165, 1.54) is 4.90 Å². The van der Waals surface area contributed by atoms with Gasteiger partial charge in [-0.25, -0.2) is 0 Å². The normalized spacial score (nSPS) is 18.3. The Kier molecular flexibility index (Phi) is 6.90. The third kappa shape index (κ3) is 4.54. The second-order valence-electron chi connectivity index (χ2n) is 7.41. The molecule has 0 spiro atoms. The van der Waals surface area contributed by atoms with Crippen LogP contribution in [0.4, 0.5) is 0 Å². The standard InChI is InChI=1S/C24H27NO5/c1-16(2)30-14-8-13-25-21(18-11-7-12-19(15-18)29-3)20(23(27)24(25)28)22(26)17-9-5-4-6-10-17/h4-7,9-12,15-16,21,26H,8,13-14H2,1-3H3/b22-20-. The van der Waals surface area contributed by atoms with Gasteiger partial charge in [-0.3, -0.25) is 9.59 Å². The van der Waals surface area contributed by atoms with E-state index in [4.69, 9.17) is 9.47 Å². The minimum absolute atomic E-state index is 0.0873. The third-order valence-electron chi connectivity index (χ3n) is 4.99. The maximum Gasteiger partial charge on any atom is 0.295 e. The van der Waals surface area contributed by atoms with Crippen LogP contribution < -0.4 is 4.74 Å². The molecule has 1 aliphatic rings. The molecule has 1 saturated heterocycles. The fourth-order valence-corrected chi connectivity index (χ4v) is 3.57. The molecule has 0 radical (unpaired) electrons. The SMILES string of the molecule is COc1cccc(C2/C(=C(/O)c3ccccc3)C(=O)C(=O)N2CCCOC(C)C)c1.